The summed E-state index contributed by atoms with van der Waals surface area (Å²) in [6, 6.07) is 0. The Morgan fingerprint density at radius 3 is 1.57 bits per heavy atom. The van der Waals surface area contributed by atoms with Crippen LogP contribution < -0.4 is 5.32 Å². The second-order valence-electron chi connectivity index (χ2n) is 3.39. The molecule has 0 amide bonds. The normalized spacial score (nSPS) is 14.4. The van der Waals surface area contributed by atoms with Gasteiger partial charge in [-0.3, -0.25) is 0 Å². The molecule has 1 rings (SSSR count). The van der Waals surface area contributed by atoms with E-state index in [4.69, 9.17) is 4.74 Å². The zero-order chi connectivity index (χ0) is 11.2. The number of hydrogen-bond donors (Lipinski definition) is 1. The summed E-state index contributed by atoms with van der Waals surface area (Å²) in [6.45, 7) is 14.9. The van der Waals surface area contributed by atoms with Crippen molar-refractivity contribution in [2.75, 3.05) is 26.3 Å². The molecule has 0 aromatic heterocycles. The molecule has 14 heavy (non-hydrogen) atoms. The lowest BCUT2D eigenvalue weighted by atomic mass is 10.2. The van der Waals surface area contributed by atoms with Crippen LogP contribution in [0.5, 0.6) is 0 Å². The van der Waals surface area contributed by atoms with Gasteiger partial charge in [0, 0.05) is 5.92 Å². The first-order valence-corrected chi connectivity index (χ1v) is 6.09. The van der Waals surface area contributed by atoms with Gasteiger partial charge in [0.2, 0.25) is 0 Å². The first-order valence-electron chi connectivity index (χ1n) is 6.09. The molecule has 2 heteroatoms. The molecule has 0 spiro atoms. The van der Waals surface area contributed by atoms with Gasteiger partial charge in [-0.1, -0.05) is 34.6 Å². The molecule has 1 aliphatic rings. The van der Waals surface area contributed by atoms with E-state index in [2.05, 4.69) is 26.1 Å². The van der Waals surface area contributed by atoms with Crippen molar-refractivity contribution in [2.24, 2.45) is 5.92 Å². The average molecular weight is 203 g/mol. The fraction of sp³-hybridized carbons (Fsp3) is 1.00. The maximum absolute atomic E-state index is 4.83. The van der Waals surface area contributed by atoms with E-state index in [1.54, 1.807) is 0 Å². The summed E-state index contributed by atoms with van der Waals surface area (Å²) < 4.78 is 4.83. The van der Waals surface area contributed by atoms with Crippen molar-refractivity contribution >= 4 is 0 Å². The van der Waals surface area contributed by atoms with Crippen LogP contribution in [0.15, 0.2) is 0 Å². The maximum Gasteiger partial charge on any atom is 0.0513 e. The van der Waals surface area contributed by atoms with Crippen LogP contribution in [0.2, 0.25) is 0 Å². The van der Waals surface area contributed by atoms with E-state index < -0.39 is 0 Å². The highest BCUT2D eigenvalue weighted by Crippen LogP contribution is 2.05. The van der Waals surface area contributed by atoms with E-state index in [0.717, 1.165) is 19.1 Å². The Labute approximate surface area is 90.4 Å². The van der Waals surface area contributed by atoms with Crippen molar-refractivity contribution in [3.63, 3.8) is 0 Å². The molecule has 0 aromatic carbocycles. The predicted molar refractivity (Wildman–Crippen MR) is 64.8 cm³/mol. The molecule has 1 heterocycles. The third-order valence-electron chi connectivity index (χ3n) is 1.66. The van der Waals surface area contributed by atoms with E-state index in [1.807, 2.05) is 13.8 Å². The smallest absolute Gasteiger partial charge is 0.0513 e. The topological polar surface area (TPSA) is 21.3 Å². The molecule has 1 aliphatic heterocycles. The third kappa shape index (κ3) is 14.4. The van der Waals surface area contributed by atoms with Crippen molar-refractivity contribution in [2.45, 2.75) is 47.5 Å². The second kappa shape index (κ2) is 15.4. The average Bonchev–Trinajstić information content (AvgIpc) is 2.20. The van der Waals surface area contributed by atoms with Crippen LogP contribution in [0.3, 0.4) is 0 Å². The van der Waals surface area contributed by atoms with Gasteiger partial charge in [-0.25, -0.2) is 0 Å². The van der Waals surface area contributed by atoms with Gasteiger partial charge in [0.25, 0.3) is 0 Å². The van der Waals surface area contributed by atoms with Gasteiger partial charge >= 0.3 is 0 Å². The van der Waals surface area contributed by atoms with Crippen LogP contribution in [0, 0.1) is 5.92 Å². The molecule has 0 atom stereocenters. The van der Waals surface area contributed by atoms with Gasteiger partial charge in [0.1, 0.15) is 0 Å². The monoisotopic (exact) mass is 203 g/mol. The molecule has 0 aromatic rings. The quantitative estimate of drug-likeness (QED) is 0.709. The SMILES string of the molecule is CC.CC1COC1.CCCNCCC. The van der Waals surface area contributed by atoms with Gasteiger partial charge < -0.3 is 10.1 Å². The Balaban J connectivity index is 0. The minimum Gasteiger partial charge on any atom is -0.381 e. The highest BCUT2D eigenvalue weighted by molar-refractivity contribution is 4.56. The molecular formula is C12H29NO. The number of ether oxygens (including phenoxy) is 1. The molecule has 88 valence electrons. The lowest BCUT2D eigenvalue weighted by Gasteiger charge is -2.20. The first kappa shape index (κ1) is 16.4. The first-order chi connectivity index (χ1) is 6.81. The Hall–Kier alpha value is -0.0800. The lowest BCUT2D eigenvalue weighted by Crippen LogP contribution is -2.23. The Morgan fingerprint density at radius 2 is 1.43 bits per heavy atom. The fourth-order valence-corrected chi connectivity index (χ4v) is 0.832. The minimum absolute atomic E-state index is 0.843. The standard InChI is InChI=1S/C6H15N.C4H8O.C2H6/c1-3-5-7-6-4-2;1-4-2-5-3-4;1-2/h7H,3-6H2,1-2H3;4H,2-3H2,1H3;1-2H3. The van der Waals surface area contributed by atoms with E-state index in [0.29, 0.717) is 0 Å². The third-order valence-corrected chi connectivity index (χ3v) is 1.66. The van der Waals surface area contributed by atoms with Gasteiger partial charge in [-0.05, 0) is 25.9 Å². The highest BCUT2D eigenvalue weighted by Gasteiger charge is 2.09. The molecule has 1 fully saturated rings. The molecular weight excluding hydrogens is 174 g/mol. The summed E-state index contributed by atoms with van der Waals surface area (Å²) in [5.41, 5.74) is 0. The Kier molecular flexibility index (Phi) is 18.0. The van der Waals surface area contributed by atoms with Gasteiger partial charge in [0.05, 0.1) is 13.2 Å². The molecule has 2 nitrogen and oxygen atoms in total. The second-order valence-corrected chi connectivity index (χ2v) is 3.39. The van der Waals surface area contributed by atoms with Crippen LogP contribution in [0.4, 0.5) is 0 Å². The van der Waals surface area contributed by atoms with E-state index in [1.165, 1.54) is 25.9 Å². The summed E-state index contributed by atoms with van der Waals surface area (Å²) in [7, 11) is 0. The summed E-state index contributed by atoms with van der Waals surface area (Å²) in [5, 5.41) is 3.28. The van der Waals surface area contributed by atoms with Crippen LogP contribution >= 0.6 is 0 Å². The van der Waals surface area contributed by atoms with Gasteiger partial charge in [-0.2, -0.15) is 0 Å². The molecule has 0 bridgehead atoms. The number of hydrogen-bond acceptors (Lipinski definition) is 2. The van der Waals surface area contributed by atoms with E-state index in [9.17, 15) is 0 Å². The summed E-state index contributed by atoms with van der Waals surface area (Å²) >= 11 is 0. The summed E-state index contributed by atoms with van der Waals surface area (Å²) in [4.78, 5) is 0. The van der Waals surface area contributed by atoms with Crippen molar-refractivity contribution in [3.05, 3.63) is 0 Å². The van der Waals surface area contributed by atoms with Crippen molar-refractivity contribution in [1.82, 2.24) is 5.32 Å². The minimum atomic E-state index is 0.843. The van der Waals surface area contributed by atoms with Crippen LogP contribution in [0.1, 0.15) is 47.5 Å². The van der Waals surface area contributed by atoms with Crippen molar-refractivity contribution in [3.8, 4) is 0 Å². The predicted octanol–water partition coefficient (Wildman–Crippen LogP) is 3.07. The molecule has 0 saturated carbocycles. The number of nitrogens with one attached hydrogen (secondary N) is 1. The molecule has 1 N–H and O–H groups in total. The fourth-order valence-electron chi connectivity index (χ4n) is 0.832. The van der Waals surface area contributed by atoms with E-state index in [-0.39, 0.29) is 0 Å². The highest BCUT2D eigenvalue weighted by atomic mass is 16.5. The molecule has 0 radical (unpaired) electrons. The zero-order valence-corrected chi connectivity index (χ0v) is 10.7. The number of rotatable bonds is 4. The van der Waals surface area contributed by atoms with Gasteiger partial charge in [-0.15, -0.1) is 0 Å². The van der Waals surface area contributed by atoms with Crippen molar-refractivity contribution < 1.29 is 4.74 Å². The summed E-state index contributed by atoms with van der Waals surface area (Å²) in [6.07, 6.45) is 2.50. The molecule has 1 saturated heterocycles. The van der Waals surface area contributed by atoms with E-state index >= 15 is 0 Å². The van der Waals surface area contributed by atoms with Crippen LogP contribution in [-0.2, 0) is 4.74 Å². The Morgan fingerprint density at radius 1 is 1.07 bits per heavy atom. The molecule has 0 aliphatic carbocycles. The molecule has 0 unspecified atom stereocenters. The largest absolute Gasteiger partial charge is 0.381 e. The van der Waals surface area contributed by atoms with Gasteiger partial charge in [0.15, 0.2) is 0 Å². The maximum atomic E-state index is 4.83. The Bertz CT molecular complexity index is 78.4. The lowest BCUT2D eigenvalue weighted by molar-refractivity contribution is -0.0221. The zero-order valence-electron chi connectivity index (χ0n) is 10.7. The summed E-state index contributed by atoms with van der Waals surface area (Å²) in [5.74, 6) is 0.843. The van der Waals surface area contributed by atoms with Crippen LogP contribution in [0.25, 0.3) is 0 Å². The van der Waals surface area contributed by atoms with Crippen LogP contribution in [-0.4, -0.2) is 26.3 Å². The van der Waals surface area contributed by atoms with Crippen molar-refractivity contribution in [1.29, 1.82) is 0 Å².